The van der Waals surface area contributed by atoms with E-state index in [1.165, 1.54) is 25.7 Å². The van der Waals surface area contributed by atoms with Crippen LogP contribution in [0.5, 0.6) is 0 Å². The first-order valence-electron chi connectivity index (χ1n) is 8.93. The van der Waals surface area contributed by atoms with Crippen LogP contribution in [0, 0.1) is 5.92 Å². The Hall–Kier alpha value is -1.95. The maximum absolute atomic E-state index is 12.7. The van der Waals surface area contributed by atoms with E-state index in [1.54, 1.807) is 0 Å². The van der Waals surface area contributed by atoms with Gasteiger partial charge in [0.25, 0.3) is 0 Å². The van der Waals surface area contributed by atoms with E-state index in [-0.39, 0.29) is 18.1 Å². The topological polar surface area (TPSA) is 65.2 Å². The monoisotopic (exact) mass is 402 g/mol. The van der Waals surface area contributed by atoms with Crippen molar-refractivity contribution in [3.8, 4) is 0 Å². The third-order valence-electron chi connectivity index (χ3n) is 5.20. The molecule has 1 aromatic rings. The fraction of sp³-hybridized carbons (Fsp3) is 0.421. The highest BCUT2D eigenvalue weighted by Gasteiger charge is 2.36. The number of allylic oxidation sites excluding steroid dienone is 1. The van der Waals surface area contributed by atoms with Gasteiger partial charge in [0.1, 0.15) is 6.04 Å². The molecule has 1 amide bonds. The Balaban J connectivity index is 1.40. The van der Waals surface area contributed by atoms with Gasteiger partial charge < -0.3 is 21.3 Å². The van der Waals surface area contributed by atoms with E-state index >= 15 is 0 Å². The first-order valence-corrected chi connectivity index (χ1v) is 9.72. The van der Waals surface area contributed by atoms with Gasteiger partial charge in [0, 0.05) is 11.0 Å². The fourth-order valence-corrected chi connectivity index (χ4v) is 4.33. The van der Waals surface area contributed by atoms with Crippen LogP contribution >= 0.6 is 15.9 Å². The summed E-state index contributed by atoms with van der Waals surface area (Å²) in [6, 6.07) is 7.61. The van der Waals surface area contributed by atoms with Crippen molar-refractivity contribution in [1.29, 1.82) is 0 Å². The zero-order valence-electron chi connectivity index (χ0n) is 14.0. The molecule has 4 N–H and O–H groups in total. The van der Waals surface area contributed by atoms with E-state index in [1.807, 2.05) is 36.5 Å². The standard InChI is InChI=1S/C19H23BrN4O/c20-14-7-3-4-12(10-14)11-22-19(25)17-16-15(8-9-21-17)23-18(24-16)13-5-1-2-6-13/h3-4,7-10,13,17-18,21,23-24H,1-2,5-6,11H2,(H,22,25). The number of hydrogen-bond acceptors (Lipinski definition) is 4. The SMILES string of the molecule is O=C(NCc1cccc(Br)c1)C1NC=CC2=C1NC(C1CCCC1)N2. The van der Waals surface area contributed by atoms with Gasteiger partial charge in [0.15, 0.2) is 0 Å². The van der Waals surface area contributed by atoms with Crippen LogP contribution in [0.2, 0.25) is 0 Å². The smallest absolute Gasteiger partial charge is 0.249 e. The van der Waals surface area contributed by atoms with E-state index in [0.717, 1.165) is 21.4 Å². The molecule has 0 aromatic heterocycles. The summed E-state index contributed by atoms with van der Waals surface area (Å²) in [4.78, 5) is 12.7. The molecule has 4 rings (SSSR count). The molecule has 2 heterocycles. The number of dihydropyridines is 1. The molecule has 3 aliphatic rings. The maximum Gasteiger partial charge on any atom is 0.249 e. The van der Waals surface area contributed by atoms with Gasteiger partial charge in [-0.25, -0.2) is 0 Å². The van der Waals surface area contributed by atoms with E-state index in [9.17, 15) is 4.79 Å². The molecule has 0 bridgehead atoms. The number of halogens is 1. The molecule has 25 heavy (non-hydrogen) atoms. The van der Waals surface area contributed by atoms with Crippen molar-refractivity contribution in [2.75, 3.05) is 0 Å². The minimum Gasteiger partial charge on any atom is -0.375 e. The summed E-state index contributed by atoms with van der Waals surface area (Å²) in [5.41, 5.74) is 3.08. The quantitative estimate of drug-likeness (QED) is 0.624. The van der Waals surface area contributed by atoms with Crippen molar-refractivity contribution >= 4 is 21.8 Å². The summed E-state index contributed by atoms with van der Waals surface area (Å²) >= 11 is 3.46. The Bertz CT molecular complexity index is 724. The van der Waals surface area contributed by atoms with Crippen LogP contribution in [0.1, 0.15) is 31.2 Å². The van der Waals surface area contributed by atoms with Gasteiger partial charge in [-0.05, 0) is 48.7 Å². The molecule has 2 unspecified atom stereocenters. The minimum atomic E-state index is -0.369. The molecule has 5 nitrogen and oxygen atoms in total. The lowest BCUT2D eigenvalue weighted by molar-refractivity contribution is -0.122. The number of rotatable bonds is 4. The summed E-state index contributed by atoms with van der Waals surface area (Å²) in [6.07, 6.45) is 9.23. The molecule has 0 radical (unpaired) electrons. The van der Waals surface area contributed by atoms with Crippen LogP contribution in [-0.4, -0.2) is 18.1 Å². The second kappa shape index (κ2) is 7.12. The largest absolute Gasteiger partial charge is 0.375 e. The highest BCUT2D eigenvalue weighted by atomic mass is 79.9. The lowest BCUT2D eigenvalue weighted by atomic mass is 10.0. The van der Waals surface area contributed by atoms with E-state index < -0.39 is 0 Å². The van der Waals surface area contributed by atoms with Crippen LogP contribution in [0.25, 0.3) is 0 Å². The minimum absolute atomic E-state index is 0.0156. The van der Waals surface area contributed by atoms with Crippen LogP contribution in [0.3, 0.4) is 0 Å². The predicted octanol–water partition coefficient (Wildman–Crippen LogP) is 2.47. The third kappa shape index (κ3) is 3.54. The average Bonchev–Trinajstić information content (AvgIpc) is 3.28. The van der Waals surface area contributed by atoms with Gasteiger partial charge in [-0.1, -0.05) is 40.9 Å². The lowest BCUT2D eigenvalue weighted by Gasteiger charge is -2.24. The van der Waals surface area contributed by atoms with Gasteiger partial charge in [-0.15, -0.1) is 0 Å². The maximum atomic E-state index is 12.7. The van der Waals surface area contributed by atoms with Crippen LogP contribution in [0.15, 0.2) is 52.4 Å². The molecular formula is C19H23BrN4O. The molecule has 0 spiro atoms. The third-order valence-corrected chi connectivity index (χ3v) is 5.70. The van der Waals surface area contributed by atoms with Gasteiger partial charge in [0.05, 0.1) is 17.6 Å². The van der Waals surface area contributed by atoms with Gasteiger partial charge in [-0.3, -0.25) is 4.79 Å². The number of nitrogens with one attached hydrogen (secondary N) is 4. The number of carbonyl (C=O) groups is 1. The second-order valence-electron chi connectivity index (χ2n) is 6.92. The molecule has 132 valence electrons. The summed E-state index contributed by atoms with van der Waals surface area (Å²) in [5.74, 6) is 0.627. The molecule has 1 aromatic carbocycles. The van der Waals surface area contributed by atoms with E-state index in [2.05, 4.69) is 37.2 Å². The molecule has 1 fully saturated rings. The van der Waals surface area contributed by atoms with Crippen LogP contribution in [-0.2, 0) is 11.3 Å². The molecular weight excluding hydrogens is 380 g/mol. The molecule has 2 aliphatic heterocycles. The summed E-state index contributed by atoms with van der Waals surface area (Å²) < 4.78 is 1.02. The first-order chi connectivity index (χ1) is 12.2. The Morgan fingerprint density at radius 3 is 2.88 bits per heavy atom. The van der Waals surface area contributed by atoms with E-state index in [0.29, 0.717) is 12.5 Å². The van der Waals surface area contributed by atoms with Crippen LogP contribution in [0.4, 0.5) is 0 Å². The summed E-state index contributed by atoms with van der Waals surface area (Å²) in [6.45, 7) is 0.516. The number of amides is 1. The summed E-state index contributed by atoms with van der Waals surface area (Å²) in [5, 5.41) is 13.3. The van der Waals surface area contributed by atoms with Crippen LogP contribution < -0.4 is 21.3 Å². The van der Waals surface area contributed by atoms with Crippen molar-refractivity contribution in [1.82, 2.24) is 21.3 Å². The first kappa shape index (κ1) is 16.5. The predicted molar refractivity (Wildman–Crippen MR) is 101 cm³/mol. The van der Waals surface area contributed by atoms with E-state index in [4.69, 9.17) is 0 Å². The fourth-order valence-electron chi connectivity index (χ4n) is 3.89. The zero-order chi connectivity index (χ0) is 17.2. The molecule has 0 saturated heterocycles. The van der Waals surface area contributed by atoms with Crippen molar-refractivity contribution in [3.05, 3.63) is 58.0 Å². The Labute approximate surface area is 156 Å². The van der Waals surface area contributed by atoms with Crippen molar-refractivity contribution in [2.24, 2.45) is 5.92 Å². The summed E-state index contributed by atoms with van der Waals surface area (Å²) in [7, 11) is 0. The average molecular weight is 403 g/mol. The Morgan fingerprint density at radius 2 is 2.08 bits per heavy atom. The lowest BCUT2D eigenvalue weighted by Crippen LogP contribution is -2.48. The second-order valence-corrected chi connectivity index (χ2v) is 7.83. The molecule has 2 atom stereocenters. The van der Waals surface area contributed by atoms with Crippen molar-refractivity contribution in [2.45, 2.75) is 44.4 Å². The Morgan fingerprint density at radius 1 is 1.24 bits per heavy atom. The molecule has 1 aliphatic carbocycles. The van der Waals surface area contributed by atoms with Crippen molar-refractivity contribution < 1.29 is 4.79 Å². The number of benzene rings is 1. The molecule has 1 saturated carbocycles. The van der Waals surface area contributed by atoms with Gasteiger partial charge >= 0.3 is 0 Å². The van der Waals surface area contributed by atoms with Crippen molar-refractivity contribution in [3.63, 3.8) is 0 Å². The normalized spacial score (nSPS) is 25.2. The zero-order valence-corrected chi connectivity index (χ0v) is 15.6. The number of hydrogen-bond donors (Lipinski definition) is 4. The number of carbonyl (C=O) groups excluding carboxylic acids is 1. The highest BCUT2D eigenvalue weighted by Crippen LogP contribution is 2.31. The Kier molecular flexibility index (Phi) is 4.70. The van der Waals surface area contributed by atoms with Gasteiger partial charge in [0.2, 0.25) is 5.91 Å². The highest BCUT2D eigenvalue weighted by molar-refractivity contribution is 9.10. The molecule has 6 heteroatoms. The van der Waals surface area contributed by atoms with Gasteiger partial charge in [-0.2, -0.15) is 0 Å².